The summed E-state index contributed by atoms with van der Waals surface area (Å²) in [6.07, 6.45) is -0.323. The van der Waals surface area contributed by atoms with Crippen LogP contribution in [0.1, 0.15) is 18.5 Å². The van der Waals surface area contributed by atoms with Gasteiger partial charge in [0.2, 0.25) is 0 Å². The highest BCUT2D eigenvalue weighted by atomic mass is 19.2. The van der Waals surface area contributed by atoms with Crippen molar-refractivity contribution in [3.05, 3.63) is 65.5 Å². The number of carbonyl (C=O) groups is 1. The zero-order valence-corrected chi connectivity index (χ0v) is 15.4. The SMILES string of the molecule is CCN1CCO[C@@H](CNC(=O)Nc2cc(F)cc(F)c2F)[C@@H]1c1ccccc1. The second kappa shape index (κ2) is 9.07. The molecule has 5 nitrogen and oxygen atoms in total. The number of rotatable bonds is 5. The lowest BCUT2D eigenvalue weighted by molar-refractivity contribution is -0.0680. The summed E-state index contributed by atoms with van der Waals surface area (Å²) in [4.78, 5) is 14.4. The van der Waals surface area contributed by atoms with Crippen LogP contribution in [0.5, 0.6) is 0 Å². The number of carbonyl (C=O) groups excluding carboxylic acids is 1. The number of ether oxygens (including phenoxy) is 1. The van der Waals surface area contributed by atoms with Crippen molar-refractivity contribution in [2.45, 2.75) is 19.1 Å². The summed E-state index contributed by atoms with van der Waals surface area (Å²) >= 11 is 0. The molecule has 1 fully saturated rings. The van der Waals surface area contributed by atoms with Gasteiger partial charge in [0.15, 0.2) is 11.6 Å². The molecule has 1 aliphatic heterocycles. The number of nitrogens with zero attached hydrogens (tertiary/aromatic N) is 1. The van der Waals surface area contributed by atoms with Gasteiger partial charge in [-0.25, -0.2) is 18.0 Å². The van der Waals surface area contributed by atoms with Crippen molar-refractivity contribution in [1.29, 1.82) is 0 Å². The van der Waals surface area contributed by atoms with E-state index in [9.17, 15) is 18.0 Å². The highest BCUT2D eigenvalue weighted by molar-refractivity contribution is 5.89. The molecular formula is C20H22F3N3O2. The third-order valence-electron chi connectivity index (χ3n) is 4.71. The molecule has 1 aliphatic rings. The second-order valence-corrected chi connectivity index (χ2v) is 6.48. The molecule has 2 atom stereocenters. The van der Waals surface area contributed by atoms with Crippen molar-refractivity contribution in [3.8, 4) is 0 Å². The Hall–Kier alpha value is -2.58. The second-order valence-electron chi connectivity index (χ2n) is 6.48. The number of likely N-dealkylation sites (N-methyl/N-ethyl adjacent to an activating group) is 1. The van der Waals surface area contributed by atoms with Crippen LogP contribution < -0.4 is 10.6 Å². The summed E-state index contributed by atoms with van der Waals surface area (Å²) in [6.45, 7) is 4.32. The fourth-order valence-corrected chi connectivity index (χ4v) is 3.39. The average molecular weight is 393 g/mol. The van der Waals surface area contributed by atoms with Crippen LogP contribution >= 0.6 is 0 Å². The van der Waals surface area contributed by atoms with E-state index in [4.69, 9.17) is 4.74 Å². The van der Waals surface area contributed by atoms with Crippen molar-refractivity contribution in [3.63, 3.8) is 0 Å². The molecule has 2 amide bonds. The topological polar surface area (TPSA) is 53.6 Å². The number of halogens is 3. The molecule has 0 unspecified atom stereocenters. The van der Waals surface area contributed by atoms with Gasteiger partial charge in [0.25, 0.3) is 0 Å². The zero-order chi connectivity index (χ0) is 20.1. The monoisotopic (exact) mass is 393 g/mol. The maximum absolute atomic E-state index is 13.7. The van der Waals surface area contributed by atoms with E-state index in [2.05, 4.69) is 22.5 Å². The summed E-state index contributed by atoms with van der Waals surface area (Å²) in [5.74, 6) is -3.66. The number of nitrogens with one attached hydrogen (secondary N) is 2. The first-order valence-corrected chi connectivity index (χ1v) is 9.09. The average Bonchev–Trinajstić information content (AvgIpc) is 2.70. The smallest absolute Gasteiger partial charge is 0.319 e. The normalized spacial score (nSPS) is 20.0. The van der Waals surface area contributed by atoms with Gasteiger partial charge in [-0.3, -0.25) is 4.90 Å². The molecule has 0 bridgehead atoms. The Morgan fingerprint density at radius 1 is 1.21 bits per heavy atom. The van der Waals surface area contributed by atoms with E-state index in [-0.39, 0.29) is 18.7 Å². The van der Waals surface area contributed by atoms with Crippen molar-refractivity contribution in [2.24, 2.45) is 0 Å². The molecule has 8 heteroatoms. The molecule has 0 radical (unpaired) electrons. The van der Waals surface area contributed by atoms with Gasteiger partial charge in [0, 0.05) is 25.2 Å². The molecule has 28 heavy (non-hydrogen) atoms. The van der Waals surface area contributed by atoms with Crippen LogP contribution in [0.25, 0.3) is 0 Å². The number of urea groups is 1. The van der Waals surface area contributed by atoms with Crippen LogP contribution in [0.3, 0.4) is 0 Å². The van der Waals surface area contributed by atoms with Crippen LogP contribution in [0.15, 0.2) is 42.5 Å². The highest BCUT2D eigenvalue weighted by Crippen LogP contribution is 2.29. The number of hydrogen-bond acceptors (Lipinski definition) is 3. The van der Waals surface area contributed by atoms with E-state index >= 15 is 0 Å². The Kier molecular flexibility index (Phi) is 6.53. The van der Waals surface area contributed by atoms with E-state index in [1.165, 1.54) is 0 Å². The quantitative estimate of drug-likeness (QED) is 0.762. The summed E-state index contributed by atoms with van der Waals surface area (Å²) in [5.41, 5.74) is 0.504. The van der Waals surface area contributed by atoms with E-state index < -0.39 is 29.2 Å². The van der Waals surface area contributed by atoms with Crippen molar-refractivity contribution < 1.29 is 22.7 Å². The minimum absolute atomic E-state index is 0.0522. The Labute approximate surface area is 161 Å². The van der Waals surface area contributed by atoms with Gasteiger partial charge >= 0.3 is 6.03 Å². The molecule has 2 aromatic rings. The molecule has 2 aromatic carbocycles. The van der Waals surface area contributed by atoms with E-state index in [0.29, 0.717) is 12.7 Å². The van der Waals surface area contributed by atoms with Crippen LogP contribution in [0.4, 0.5) is 23.7 Å². The van der Waals surface area contributed by atoms with Gasteiger partial charge < -0.3 is 15.4 Å². The molecule has 1 saturated heterocycles. The lowest BCUT2D eigenvalue weighted by Crippen LogP contribution is -2.50. The maximum atomic E-state index is 13.7. The first-order chi connectivity index (χ1) is 13.5. The molecule has 0 aliphatic carbocycles. The van der Waals surface area contributed by atoms with Crippen LogP contribution in [0, 0.1) is 17.5 Å². The molecular weight excluding hydrogens is 371 g/mol. The largest absolute Gasteiger partial charge is 0.373 e. The summed E-state index contributed by atoms with van der Waals surface area (Å²) < 4.78 is 46.1. The Bertz CT molecular complexity index is 820. The van der Waals surface area contributed by atoms with Crippen LogP contribution in [-0.4, -0.2) is 43.3 Å². The molecule has 3 rings (SSSR count). The predicted octanol–water partition coefficient (Wildman–Crippen LogP) is 3.69. The molecule has 0 spiro atoms. The number of morpholine rings is 1. The third kappa shape index (κ3) is 4.63. The lowest BCUT2D eigenvalue weighted by Gasteiger charge is -2.41. The molecule has 0 saturated carbocycles. The lowest BCUT2D eigenvalue weighted by atomic mass is 9.98. The van der Waals surface area contributed by atoms with E-state index in [0.717, 1.165) is 24.7 Å². The van der Waals surface area contributed by atoms with Crippen molar-refractivity contribution in [1.82, 2.24) is 10.2 Å². The van der Waals surface area contributed by atoms with Crippen molar-refractivity contribution in [2.75, 3.05) is 31.6 Å². The molecule has 150 valence electrons. The summed E-state index contributed by atoms with van der Waals surface area (Å²) in [5, 5.41) is 4.74. The van der Waals surface area contributed by atoms with E-state index in [1.807, 2.05) is 30.3 Å². The number of hydrogen-bond donors (Lipinski definition) is 2. The number of amides is 2. The highest BCUT2D eigenvalue weighted by Gasteiger charge is 2.32. The Balaban J connectivity index is 1.67. The van der Waals surface area contributed by atoms with Crippen LogP contribution in [-0.2, 0) is 4.74 Å². The van der Waals surface area contributed by atoms with Crippen LogP contribution in [0.2, 0.25) is 0 Å². The van der Waals surface area contributed by atoms with Gasteiger partial charge in [0.1, 0.15) is 5.82 Å². The Morgan fingerprint density at radius 3 is 2.68 bits per heavy atom. The van der Waals surface area contributed by atoms with Gasteiger partial charge in [-0.1, -0.05) is 37.3 Å². The van der Waals surface area contributed by atoms with Crippen molar-refractivity contribution >= 4 is 11.7 Å². The first-order valence-electron chi connectivity index (χ1n) is 9.09. The van der Waals surface area contributed by atoms with E-state index in [1.54, 1.807) is 0 Å². The zero-order valence-electron chi connectivity index (χ0n) is 15.4. The predicted molar refractivity (Wildman–Crippen MR) is 99.5 cm³/mol. The standard InChI is InChI=1S/C20H22F3N3O2/c1-2-26-8-9-28-17(19(26)13-6-4-3-5-7-13)12-24-20(27)25-16-11-14(21)10-15(22)18(16)23/h3-7,10-11,17,19H,2,8-9,12H2,1H3,(H2,24,25,27)/t17-,19-/m0/s1. The van der Waals surface area contributed by atoms with Gasteiger partial charge in [-0.2, -0.15) is 0 Å². The number of anilines is 1. The third-order valence-corrected chi connectivity index (χ3v) is 4.71. The summed E-state index contributed by atoms with van der Waals surface area (Å²) in [7, 11) is 0. The molecule has 0 aromatic heterocycles. The molecule has 2 N–H and O–H groups in total. The number of benzene rings is 2. The Morgan fingerprint density at radius 2 is 1.96 bits per heavy atom. The minimum Gasteiger partial charge on any atom is -0.373 e. The fourth-order valence-electron chi connectivity index (χ4n) is 3.39. The van der Waals surface area contributed by atoms with Gasteiger partial charge in [0.05, 0.1) is 24.4 Å². The first kappa shape index (κ1) is 20.2. The summed E-state index contributed by atoms with van der Waals surface area (Å²) in [6, 6.07) is 10.1. The van der Waals surface area contributed by atoms with Gasteiger partial charge in [-0.15, -0.1) is 0 Å². The maximum Gasteiger partial charge on any atom is 0.319 e. The minimum atomic E-state index is -1.37. The molecule has 1 heterocycles. The fraction of sp³-hybridized carbons (Fsp3) is 0.350. The van der Waals surface area contributed by atoms with Gasteiger partial charge in [-0.05, 0) is 12.1 Å².